The number of nitrogens with one attached hydrogen (secondary N) is 1. The Morgan fingerprint density at radius 2 is 2.11 bits per heavy atom. The number of hydrogen-bond acceptors (Lipinski definition) is 4. The van der Waals surface area contributed by atoms with Crippen LogP contribution in [0.3, 0.4) is 0 Å². The molecule has 1 aromatic carbocycles. The monoisotopic (exact) mass is 289 g/mol. The van der Waals surface area contributed by atoms with Gasteiger partial charge in [0, 0.05) is 22.2 Å². The Morgan fingerprint density at radius 3 is 2.84 bits per heavy atom. The molecule has 0 atom stereocenters. The van der Waals surface area contributed by atoms with E-state index in [4.69, 9.17) is 0 Å². The third kappa shape index (κ3) is 2.48. The van der Waals surface area contributed by atoms with Crippen molar-refractivity contribution < 1.29 is 0 Å². The van der Waals surface area contributed by atoms with Crippen LogP contribution < -0.4 is 5.32 Å². The number of aromatic nitrogens is 2. The minimum atomic E-state index is 0.794. The molecule has 0 saturated heterocycles. The van der Waals surface area contributed by atoms with Crippen molar-refractivity contribution in [3.05, 3.63) is 47.2 Å². The molecule has 0 bridgehead atoms. The molecule has 0 fully saturated rings. The standard InChI is InChI=1S/C14H15N3S2/c1-10-13(17-7-8-19-14(17)16-10)9-15-11-3-5-12(18-2)6-4-11/h3-8,15H,9H2,1-2H3. The second-order valence-corrected chi connectivity index (χ2v) is 6.03. The van der Waals surface area contributed by atoms with E-state index in [0.29, 0.717) is 0 Å². The van der Waals surface area contributed by atoms with E-state index >= 15 is 0 Å². The van der Waals surface area contributed by atoms with Crippen LogP contribution in [-0.2, 0) is 6.54 Å². The highest BCUT2D eigenvalue weighted by Crippen LogP contribution is 2.20. The number of rotatable bonds is 4. The normalized spacial score (nSPS) is 11.1. The van der Waals surface area contributed by atoms with Crippen LogP contribution in [0.1, 0.15) is 11.4 Å². The summed E-state index contributed by atoms with van der Waals surface area (Å²) in [5, 5.41) is 5.52. The second kappa shape index (κ2) is 5.27. The van der Waals surface area contributed by atoms with E-state index in [1.54, 1.807) is 23.1 Å². The highest BCUT2D eigenvalue weighted by molar-refractivity contribution is 7.98. The quantitative estimate of drug-likeness (QED) is 0.735. The Kier molecular flexibility index (Phi) is 3.48. The van der Waals surface area contributed by atoms with Gasteiger partial charge in [-0.2, -0.15) is 0 Å². The van der Waals surface area contributed by atoms with E-state index in [9.17, 15) is 0 Å². The fraction of sp³-hybridized carbons (Fsp3) is 0.214. The average Bonchev–Trinajstić information content (AvgIpc) is 2.98. The summed E-state index contributed by atoms with van der Waals surface area (Å²) >= 11 is 3.43. The zero-order valence-electron chi connectivity index (χ0n) is 10.9. The summed E-state index contributed by atoms with van der Waals surface area (Å²) in [6, 6.07) is 8.51. The summed E-state index contributed by atoms with van der Waals surface area (Å²) in [7, 11) is 0. The fourth-order valence-electron chi connectivity index (χ4n) is 2.05. The number of thiazole rings is 1. The number of hydrogen-bond donors (Lipinski definition) is 1. The predicted octanol–water partition coefficient (Wildman–Crippen LogP) is 4.04. The fourth-order valence-corrected chi connectivity index (χ4v) is 3.24. The van der Waals surface area contributed by atoms with Crippen molar-refractivity contribution in [3.63, 3.8) is 0 Å². The van der Waals surface area contributed by atoms with Crippen molar-refractivity contribution in [2.75, 3.05) is 11.6 Å². The molecule has 1 N–H and O–H groups in total. The van der Waals surface area contributed by atoms with Crippen LogP contribution in [-0.4, -0.2) is 15.6 Å². The molecule has 0 amide bonds. The zero-order valence-corrected chi connectivity index (χ0v) is 12.5. The molecule has 0 aliphatic heterocycles. The second-order valence-electron chi connectivity index (χ2n) is 4.28. The molecule has 0 aliphatic rings. The first kappa shape index (κ1) is 12.6. The first-order chi connectivity index (χ1) is 9.28. The molecular weight excluding hydrogens is 274 g/mol. The van der Waals surface area contributed by atoms with Crippen LogP contribution in [0.2, 0.25) is 0 Å². The molecular formula is C14H15N3S2. The van der Waals surface area contributed by atoms with Gasteiger partial charge in [-0.3, -0.25) is 4.40 Å². The number of nitrogens with zero attached hydrogens (tertiary/aromatic N) is 2. The molecule has 98 valence electrons. The molecule has 0 spiro atoms. The smallest absolute Gasteiger partial charge is 0.194 e. The van der Waals surface area contributed by atoms with Gasteiger partial charge in [0.15, 0.2) is 4.96 Å². The van der Waals surface area contributed by atoms with E-state index in [1.165, 1.54) is 10.6 Å². The summed E-state index contributed by atoms with van der Waals surface area (Å²) in [5.41, 5.74) is 3.47. The number of aryl methyl sites for hydroxylation is 1. The van der Waals surface area contributed by atoms with Gasteiger partial charge in [-0.05, 0) is 37.4 Å². The molecule has 3 rings (SSSR count). The lowest BCUT2D eigenvalue weighted by Gasteiger charge is -2.07. The van der Waals surface area contributed by atoms with Gasteiger partial charge in [-0.25, -0.2) is 4.98 Å². The number of anilines is 1. The lowest BCUT2D eigenvalue weighted by Crippen LogP contribution is -2.03. The maximum absolute atomic E-state index is 4.55. The molecule has 2 heterocycles. The van der Waals surface area contributed by atoms with Crippen LogP contribution in [0.5, 0.6) is 0 Å². The number of thioether (sulfide) groups is 1. The minimum Gasteiger partial charge on any atom is -0.379 e. The largest absolute Gasteiger partial charge is 0.379 e. The van der Waals surface area contributed by atoms with Crippen LogP contribution in [0, 0.1) is 6.92 Å². The maximum atomic E-state index is 4.55. The van der Waals surface area contributed by atoms with Gasteiger partial charge in [-0.15, -0.1) is 23.1 Å². The Hall–Kier alpha value is -1.46. The van der Waals surface area contributed by atoms with Gasteiger partial charge in [0.05, 0.1) is 17.9 Å². The predicted molar refractivity (Wildman–Crippen MR) is 83.4 cm³/mol. The summed E-state index contributed by atoms with van der Waals surface area (Å²) < 4.78 is 2.16. The third-order valence-corrected chi connectivity index (χ3v) is 4.61. The third-order valence-electron chi connectivity index (χ3n) is 3.11. The van der Waals surface area contributed by atoms with Gasteiger partial charge < -0.3 is 5.32 Å². The van der Waals surface area contributed by atoms with Gasteiger partial charge in [0.1, 0.15) is 0 Å². The molecule has 5 heteroatoms. The van der Waals surface area contributed by atoms with Gasteiger partial charge >= 0.3 is 0 Å². The summed E-state index contributed by atoms with van der Waals surface area (Å²) in [5.74, 6) is 0. The van der Waals surface area contributed by atoms with Crippen LogP contribution >= 0.6 is 23.1 Å². The minimum absolute atomic E-state index is 0.794. The van der Waals surface area contributed by atoms with Crippen molar-refractivity contribution in [1.29, 1.82) is 0 Å². The Morgan fingerprint density at radius 1 is 1.32 bits per heavy atom. The van der Waals surface area contributed by atoms with E-state index in [-0.39, 0.29) is 0 Å². The zero-order chi connectivity index (χ0) is 13.2. The molecule has 0 saturated carbocycles. The molecule has 0 aliphatic carbocycles. The lowest BCUT2D eigenvalue weighted by molar-refractivity contribution is 0.994. The van der Waals surface area contributed by atoms with Crippen molar-refractivity contribution in [1.82, 2.24) is 9.38 Å². The molecule has 3 aromatic rings. The molecule has 2 aromatic heterocycles. The summed E-state index contributed by atoms with van der Waals surface area (Å²) in [6.45, 7) is 2.86. The van der Waals surface area contributed by atoms with Gasteiger partial charge in [-0.1, -0.05) is 0 Å². The highest BCUT2D eigenvalue weighted by Gasteiger charge is 2.08. The average molecular weight is 289 g/mol. The SMILES string of the molecule is CSc1ccc(NCc2c(C)nc3sccn23)cc1. The highest BCUT2D eigenvalue weighted by atomic mass is 32.2. The molecule has 0 unspecified atom stereocenters. The van der Waals surface area contributed by atoms with Crippen molar-refractivity contribution >= 4 is 33.7 Å². The van der Waals surface area contributed by atoms with Gasteiger partial charge in [0.25, 0.3) is 0 Å². The summed E-state index contributed by atoms with van der Waals surface area (Å²) in [6.07, 6.45) is 4.17. The van der Waals surface area contributed by atoms with E-state index in [1.807, 2.05) is 0 Å². The van der Waals surface area contributed by atoms with Crippen molar-refractivity contribution in [3.8, 4) is 0 Å². The molecule has 0 radical (unpaired) electrons. The van der Waals surface area contributed by atoms with Crippen molar-refractivity contribution in [2.45, 2.75) is 18.4 Å². The molecule has 3 nitrogen and oxygen atoms in total. The van der Waals surface area contributed by atoms with Gasteiger partial charge in [0.2, 0.25) is 0 Å². The first-order valence-electron chi connectivity index (χ1n) is 6.07. The van der Waals surface area contributed by atoms with Crippen LogP contribution in [0.4, 0.5) is 5.69 Å². The number of benzene rings is 1. The molecule has 19 heavy (non-hydrogen) atoms. The van der Waals surface area contributed by atoms with E-state index in [0.717, 1.165) is 22.9 Å². The van der Waals surface area contributed by atoms with E-state index < -0.39 is 0 Å². The maximum Gasteiger partial charge on any atom is 0.194 e. The lowest BCUT2D eigenvalue weighted by atomic mass is 10.3. The Bertz CT molecular complexity index is 682. The number of imidazole rings is 1. The van der Waals surface area contributed by atoms with E-state index in [2.05, 4.69) is 63.7 Å². The Labute approximate surface area is 120 Å². The topological polar surface area (TPSA) is 29.3 Å². The number of fused-ring (bicyclic) bond motifs is 1. The van der Waals surface area contributed by atoms with Crippen LogP contribution in [0.15, 0.2) is 40.7 Å². The van der Waals surface area contributed by atoms with Crippen LogP contribution in [0.25, 0.3) is 4.96 Å². The summed E-state index contributed by atoms with van der Waals surface area (Å²) in [4.78, 5) is 6.90. The Balaban J connectivity index is 1.77. The first-order valence-corrected chi connectivity index (χ1v) is 8.17. The van der Waals surface area contributed by atoms with Crippen molar-refractivity contribution in [2.24, 2.45) is 0 Å².